The van der Waals surface area contributed by atoms with Crippen molar-refractivity contribution in [2.24, 2.45) is 0 Å². The number of aromatic hydroxyl groups is 1. The standard InChI is InChI=1S/C18H21NO2/c1-3-21-17-10-6-8-15(18(17)20)12-19-13(2)11-14-7-4-5-9-16(14)19/h4-10,13,20H,3,11-12H2,1-2H3. The van der Waals surface area contributed by atoms with Gasteiger partial charge in [0.2, 0.25) is 0 Å². The van der Waals surface area contributed by atoms with E-state index in [1.54, 1.807) is 0 Å². The summed E-state index contributed by atoms with van der Waals surface area (Å²) in [6.07, 6.45) is 1.06. The molecule has 21 heavy (non-hydrogen) atoms. The Bertz CT molecular complexity index is 639. The maximum absolute atomic E-state index is 10.4. The summed E-state index contributed by atoms with van der Waals surface area (Å²) in [5.74, 6) is 0.825. The maximum Gasteiger partial charge on any atom is 0.162 e. The molecule has 1 atom stereocenters. The molecule has 2 aromatic rings. The number of ether oxygens (including phenoxy) is 1. The van der Waals surface area contributed by atoms with Crippen LogP contribution >= 0.6 is 0 Å². The summed E-state index contributed by atoms with van der Waals surface area (Å²) in [6, 6.07) is 14.6. The molecule has 1 heterocycles. The van der Waals surface area contributed by atoms with Crippen LogP contribution in [0.5, 0.6) is 11.5 Å². The van der Waals surface area contributed by atoms with Gasteiger partial charge in [-0.25, -0.2) is 0 Å². The first-order valence-corrected chi connectivity index (χ1v) is 7.49. The van der Waals surface area contributed by atoms with Crippen molar-refractivity contribution in [1.29, 1.82) is 0 Å². The Balaban J connectivity index is 1.89. The normalized spacial score (nSPS) is 16.9. The highest BCUT2D eigenvalue weighted by atomic mass is 16.5. The molecule has 0 spiro atoms. The smallest absolute Gasteiger partial charge is 0.162 e. The van der Waals surface area contributed by atoms with Gasteiger partial charge in [-0.3, -0.25) is 0 Å². The van der Waals surface area contributed by atoms with E-state index in [1.165, 1.54) is 11.3 Å². The van der Waals surface area contributed by atoms with Gasteiger partial charge in [0.15, 0.2) is 11.5 Å². The number of phenolic OH excluding ortho intramolecular Hbond substituents is 1. The number of phenols is 1. The van der Waals surface area contributed by atoms with E-state index in [0.29, 0.717) is 24.9 Å². The molecule has 110 valence electrons. The largest absolute Gasteiger partial charge is 0.504 e. The fourth-order valence-electron chi connectivity index (χ4n) is 3.02. The summed E-state index contributed by atoms with van der Waals surface area (Å²) in [7, 11) is 0. The van der Waals surface area contributed by atoms with Gasteiger partial charge >= 0.3 is 0 Å². The summed E-state index contributed by atoms with van der Waals surface area (Å²) in [5.41, 5.74) is 3.56. The van der Waals surface area contributed by atoms with Crippen molar-refractivity contribution >= 4 is 5.69 Å². The lowest BCUT2D eigenvalue weighted by Gasteiger charge is -2.25. The lowest BCUT2D eigenvalue weighted by atomic mass is 10.1. The SMILES string of the molecule is CCOc1cccc(CN2c3ccccc3CC2C)c1O. The van der Waals surface area contributed by atoms with Crippen LogP contribution in [0.25, 0.3) is 0 Å². The average Bonchev–Trinajstić information content (AvgIpc) is 2.80. The molecule has 0 saturated carbocycles. The van der Waals surface area contributed by atoms with Crippen molar-refractivity contribution in [3.8, 4) is 11.5 Å². The topological polar surface area (TPSA) is 32.7 Å². The zero-order chi connectivity index (χ0) is 14.8. The number of para-hydroxylation sites is 2. The minimum absolute atomic E-state index is 0.260. The first-order valence-electron chi connectivity index (χ1n) is 7.49. The number of hydrogen-bond acceptors (Lipinski definition) is 3. The minimum Gasteiger partial charge on any atom is -0.504 e. The van der Waals surface area contributed by atoms with Gasteiger partial charge in [0.25, 0.3) is 0 Å². The third kappa shape index (κ3) is 2.56. The minimum atomic E-state index is 0.260. The Morgan fingerprint density at radius 2 is 2.00 bits per heavy atom. The molecule has 2 aromatic carbocycles. The molecule has 1 N–H and O–H groups in total. The Morgan fingerprint density at radius 1 is 1.19 bits per heavy atom. The third-order valence-electron chi connectivity index (χ3n) is 4.07. The van der Waals surface area contributed by atoms with E-state index in [9.17, 15) is 5.11 Å². The maximum atomic E-state index is 10.4. The molecule has 3 rings (SSSR count). The molecule has 1 unspecified atom stereocenters. The zero-order valence-electron chi connectivity index (χ0n) is 12.5. The molecule has 0 amide bonds. The molecular formula is C18H21NO2. The van der Waals surface area contributed by atoms with Crippen LogP contribution in [0, 0.1) is 0 Å². The Kier molecular flexibility index (Phi) is 3.74. The highest BCUT2D eigenvalue weighted by Crippen LogP contribution is 2.36. The number of nitrogens with zero attached hydrogens (tertiary/aromatic N) is 1. The predicted octanol–water partition coefficient (Wildman–Crippen LogP) is 3.74. The second-order valence-electron chi connectivity index (χ2n) is 5.51. The van der Waals surface area contributed by atoms with Crippen LogP contribution in [0.3, 0.4) is 0 Å². The fourth-order valence-corrected chi connectivity index (χ4v) is 3.02. The Morgan fingerprint density at radius 3 is 2.81 bits per heavy atom. The van der Waals surface area contributed by atoms with Crippen LogP contribution in [-0.2, 0) is 13.0 Å². The Hall–Kier alpha value is -2.16. The number of benzene rings is 2. The van der Waals surface area contributed by atoms with Crippen molar-refractivity contribution in [3.05, 3.63) is 53.6 Å². The van der Waals surface area contributed by atoms with Crippen molar-refractivity contribution in [1.82, 2.24) is 0 Å². The summed E-state index contributed by atoms with van der Waals surface area (Å²) in [4.78, 5) is 2.35. The monoisotopic (exact) mass is 283 g/mol. The van der Waals surface area contributed by atoms with Gasteiger partial charge < -0.3 is 14.7 Å². The Labute approximate surface area is 125 Å². The van der Waals surface area contributed by atoms with E-state index in [1.807, 2.05) is 25.1 Å². The molecule has 0 aromatic heterocycles. The average molecular weight is 283 g/mol. The molecular weight excluding hydrogens is 262 g/mol. The molecule has 0 radical (unpaired) electrons. The van der Waals surface area contributed by atoms with E-state index in [4.69, 9.17) is 4.74 Å². The molecule has 0 saturated heterocycles. The molecule has 0 fully saturated rings. The molecule has 1 aliphatic rings. The van der Waals surface area contributed by atoms with Crippen molar-refractivity contribution in [2.45, 2.75) is 32.9 Å². The van der Waals surface area contributed by atoms with Crippen LogP contribution in [0.2, 0.25) is 0 Å². The first-order chi connectivity index (χ1) is 10.2. The van der Waals surface area contributed by atoms with Crippen molar-refractivity contribution < 1.29 is 9.84 Å². The number of fused-ring (bicyclic) bond motifs is 1. The molecule has 3 heteroatoms. The second kappa shape index (κ2) is 5.68. The van der Waals surface area contributed by atoms with Crippen LogP contribution in [0.1, 0.15) is 25.0 Å². The van der Waals surface area contributed by atoms with E-state index in [-0.39, 0.29) is 5.75 Å². The molecule has 0 aliphatic carbocycles. The van der Waals surface area contributed by atoms with Gasteiger partial charge in [-0.15, -0.1) is 0 Å². The van der Waals surface area contributed by atoms with Gasteiger partial charge in [0, 0.05) is 23.8 Å². The van der Waals surface area contributed by atoms with Gasteiger partial charge in [0.1, 0.15) is 0 Å². The second-order valence-corrected chi connectivity index (χ2v) is 5.51. The number of anilines is 1. The molecule has 0 bridgehead atoms. The summed E-state index contributed by atoms with van der Waals surface area (Å²) < 4.78 is 5.47. The van der Waals surface area contributed by atoms with E-state index in [2.05, 4.69) is 36.1 Å². The third-order valence-corrected chi connectivity index (χ3v) is 4.07. The van der Waals surface area contributed by atoms with Crippen molar-refractivity contribution in [3.63, 3.8) is 0 Å². The highest BCUT2D eigenvalue weighted by molar-refractivity contribution is 5.60. The molecule has 3 nitrogen and oxygen atoms in total. The first kappa shape index (κ1) is 13.8. The highest BCUT2D eigenvalue weighted by Gasteiger charge is 2.26. The van der Waals surface area contributed by atoms with E-state index < -0.39 is 0 Å². The van der Waals surface area contributed by atoms with Crippen molar-refractivity contribution in [2.75, 3.05) is 11.5 Å². The zero-order valence-corrected chi connectivity index (χ0v) is 12.5. The summed E-state index contributed by atoms with van der Waals surface area (Å²) in [5, 5.41) is 10.4. The lowest BCUT2D eigenvalue weighted by Crippen LogP contribution is -2.28. The fraction of sp³-hybridized carbons (Fsp3) is 0.333. The van der Waals surface area contributed by atoms with Crippen LogP contribution in [0.4, 0.5) is 5.69 Å². The summed E-state index contributed by atoms with van der Waals surface area (Å²) >= 11 is 0. The molecule has 1 aliphatic heterocycles. The van der Waals surface area contributed by atoms with Crippen LogP contribution in [-0.4, -0.2) is 17.8 Å². The predicted molar refractivity (Wildman–Crippen MR) is 85.1 cm³/mol. The lowest BCUT2D eigenvalue weighted by molar-refractivity contribution is 0.316. The van der Waals surface area contributed by atoms with Gasteiger partial charge in [-0.1, -0.05) is 30.3 Å². The van der Waals surface area contributed by atoms with Crippen LogP contribution < -0.4 is 9.64 Å². The van der Waals surface area contributed by atoms with Gasteiger partial charge in [-0.05, 0) is 38.0 Å². The summed E-state index contributed by atoms with van der Waals surface area (Å²) in [6.45, 7) is 5.40. The van der Waals surface area contributed by atoms with E-state index >= 15 is 0 Å². The van der Waals surface area contributed by atoms with E-state index in [0.717, 1.165) is 12.0 Å². The quantitative estimate of drug-likeness (QED) is 0.927. The van der Waals surface area contributed by atoms with Gasteiger partial charge in [0.05, 0.1) is 6.61 Å². The number of hydrogen-bond donors (Lipinski definition) is 1. The number of rotatable bonds is 4. The van der Waals surface area contributed by atoms with Gasteiger partial charge in [-0.2, -0.15) is 0 Å². The van der Waals surface area contributed by atoms with Crippen LogP contribution in [0.15, 0.2) is 42.5 Å².